The molecular formula is C8H8FNO3. The lowest BCUT2D eigenvalue weighted by Gasteiger charge is -2.01. The standard InChI is InChI=1S/C8H8FNO3/c1-13-8(12)7-6(9)2-5(4-11)3-10-7/h2-3,11H,4H2,1H3. The van der Waals surface area contributed by atoms with Gasteiger partial charge in [0.05, 0.1) is 13.7 Å². The van der Waals surface area contributed by atoms with Crippen molar-refractivity contribution in [1.82, 2.24) is 4.98 Å². The van der Waals surface area contributed by atoms with Gasteiger partial charge in [-0.3, -0.25) is 0 Å². The van der Waals surface area contributed by atoms with Crippen LogP contribution in [0.2, 0.25) is 0 Å². The van der Waals surface area contributed by atoms with Gasteiger partial charge in [0.15, 0.2) is 11.5 Å². The zero-order valence-corrected chi connectivity index (χ0v) is 6.95. The lowest BCUT2D eigenvalue weighted by Crippen LogP contribution is -2.07. The second kappa shape index (κ2) is 3.95. The minimum Gasteiger partial charge on any atom is -0.464 e. The molecule has 0 unspecified atom stereocenters. The van der Waals surface area contributed by atoms with E-state index in [-0.39, 0.29) is 12.3 Å². The fourth-order valence-electron chi connectivity index (χ4n) is 0.811. The monoisotopic (exact) mass is 185 g/mol. The summed E-state index contributed by atoms with van der Waals surface area (Å²) in [5, 5.41) is 8.63. The molecule has 1 rings (SSSR count). The van der Waals surface area contributed by atoms with Gasteiger partial charge in [0.1, 0.15) is 0 Å². The molecule has 0 amide bonds. The van der Waals surface area contributed by atoms with Gasteiger partial charge in [-0.05, 0) is 11.6 Å². The minimum atomic E-state index is -0.831. The number of pyridine rings is 1. The average molecular weight is 185 g/mol. The number of carbonyl (C=O) groups excluding carboxylic acids is 1. The molecule has 4 nitrogen and oxygen atoms in total. The quantitative estimate of drug-likeness (QED) is 0.681. The average Bonchev–Trinajstić information content (AvgIpc) is 2.16. The molecule has 0 spiro atoms. The largest absolute Gasteiger partial charge is 0.464 e. The highest BCUT2D eigenvalue weighted by Crippen LogP contribution is 2.07. The molecule has 0 fully saturated rings. The number of halogens is 1. The first-order valence-corrected chi connectivity index (χ1v) is 3.52. The van der Waals surface area contributed by atoms with Crippen molar-refractivity contribution >= 4 is 5.97 Å². The number of nitrogens with zero attached hydrogens (tertiary/aromatic N) is 1. The summed E-state index contributed by atoms with van der Waals surface area (Å²) in [5.41, 5.74) is -0.0650. The summed E-state index contributed by atoms with van der Waals surface area (Å²) in [6, 6.07) is 1.04. The van der Waals surface area contributed by atoms with E-state index in [0.29, 0.717) is 5.56 Å². The van der Waals surface area contributed by atoms with Crippen LogP contribution in [0.15, 0.2) is 12.3 Å². The van der Waals surface area contributed by atoms with E-state index in [9.17, 15) is 9.18 Å². The summed E-state index contributed by atoms with van der Waals surface area (Å²) < 4.78 is 17.3. The summed E-state index contributed by atoms with van der Waals surface area (Å²) in [5.74, 6) is -1.62. The second-order valence-corrected chi connectivity index (χ2v) is 2.32. The molecule has 1 heterocycles. The number of hydrogen-bond acceptors (Lipinski definition) is 4. The zero-order valence-electron chi connectivity index (χ0n) is 6.95. The first-order chi connectivity index (χ1) is 6.19. The first kappa shape index (κ1) is 9.60. The van der Waals surface area contributed by atoms with Gasteiger partial charge in [-0.2, -0.15) is 0 Å². The SMILES string of the molecule is COC(=O)c1ncc(CO)cc1F. The summed E-state index contributed by atoms with van der Waals surface area (Å²) in [4.78, 5) is 14.4. The number of methoxy groups -OCH3 is 1. The van der Waals surface area contributed by atoms with Gasteiger partial charge < -0.3 is 9.84 Å². The number of hydrogen-bond donors (Lipinski definition) is 1. The molecule has 13 heavy (non-hydrogen) atoms. The number of aliphatic hydroxyl groups excluding tert-OH is 1. The zero-order chi connectivity index (χ0) is 9.84. The van der Waals surface area contributed by atoms with Gasteiger partial charge in [-0.15, -0.1) is 0 Å². The van der Waals surface area contributed by atoms with Crippen LogP contribution in [0.25, 0.3) is 0 Å². The number of aromatic nitrogens is 1. The fraction of sp³-hybridized carbons (Fsp3) is 0.250. The highest BCUT2D eigenvalue weighted by atomic mass is 19.1. The van der Waals surface area contributed by atoms with Crippen LogP contribution >= 0.6 is 0 Å². The first-order valence-electron chi connectivity index (χ1n) is 3.52. The van der Waals surface area contributed by atoms with Crippen LogP contribution in [0.3, 0.4) is 0 Å². The molecule has 0 aliphatic carbocycles. The number of aliphatic hydroxyl groups is 1. The van der Waals surface area contributed by atoms with Crippen molar-refractivity contribution in [3.8, 4) is 0 Å². The van der Waals surface area contributed by atoms with Crippen molar-refractivity contribution in [3.63, 3.8) is 0 Å². The Morgan fingerprint density at radius 1 is 1.77 bits per heavy atom. The number of esters is 1. The smallest absolute Gasteiger partial charge is 0.359 e. The molecular weight excluding hydrogens is 177 g/mol. The van der Waals surface area contributed by atoms with Crippen LogP contribution in [0.1, 0.15) is 16.1 Å². The van der Waals surface area contributed by atoms with E-state index in [1.807, 2.05) is 0 Å². The molecule has 1 aromatic rings. The fourth-order valence-corrected chi connectivity index (χ4v) is 0.811. The molecule has 1 aromatic heterocycles. The Kier molecular flexibility index (Phi) is 2.92. The second-order valence-electron chi connectivity index (χ2n) is 2.32. The van der Waals surface area contributed by atoms with Crippen molar-refractivity contribution in [2.24, 2.45) is 0 Å². The van der Waals surface area contributed by atoms with Crippen LogP contribution in [0.5, 0.6) is 0 Å². The van der Waals surface area contributed by atoms with E-state index >= 15 is 0 Å². The molecule has 0 saturated heterocycles. The predicted molar refractivity (Wildman–Crippen MR) is 41.5 cm³/mol. The molecule has 0 aliphatic rings. The normalized spacial score (nSPS) is 9.77. The molecule has 70 valence electrons. The van der Waals surface area contributed by atoms with Gasteiger partial charge in [0.25, 0.3) is 0 Å². The lowest BCUT2D eigenvalue weighted by molar-refractivity contribution is 0.0588. The van der Waals surface area contributed by atoms with Gasteiger partial charge >= 0.3 is 5.97 Å². The van der Waals surface area contributed by atoms with E-state index < -0.39 is 11.8 Å². The van der Waals surface area contributed by atoms with E-state index in [0.717, 1.165) is 13.2 Å². The topological polar surface area (TPSA) is 59.4 Å². The van der Waals surface area contributed by atoms with E-state index in [4.69, 9.17) is 5.11 Å². The molecule has 0 saturated carbocycles. The maximum Gasteiger partial charge on any atom is 0.359 e. The Hall–Kier alpha value is -1.49. The molecule has 1 N–H and O–H groups in total. The van der Waals surface area contributed by atoms with Crippen LogP contribution in [0, 0.1) is 5.82 Å². The highest BCUT2D eigenvalue weighted by Gasteiger charge is 2.13. The highest BCUT2D eigenvalue weighted by molar-refractivity contribution is 5.87. The minimum absolute atomic E-state index is 0.310. The maximum absolute atomic E-state index is 13.0. The van der Waals surface area contributed by atoms with Crippen LogP contribution in [-0.4, -0.2) is 23.2 Å². The van der Waals surface area contributed by atoms with Gasteiger partial charge in [0.2, 0.25) is 0 Å². The Labute approximate surface area is 74.0 Å². The summed E-state index contributed by atoms with van der Waals surface area (Å²) in [6.07, 6.45) is 1.22. The molecule has 0 aliphatic heterocycles. The predicted octanol–water partition coefficient (Wildman–Crippen LogP) is 0.500. The van der Waals surface area contributed by atoms with Crippen LogP contribution in [0.4, 0.5) is 4.39 Å². The van der Waals surface area contributed by atoms with Crippen molar-refractivity contribution in [1.29, 1.82) is 0 Å². The summed E-state index contributed by atoms with van der Waals surface area (Å²) in [7, 11) is 1.14. The van der Waals surface area contributed by atoms with Crippen molar-refractivity contribution in [3.05, 3.63) is 29.3 Å². The van der Waals surface area contributed by atoms with Crippen molar-refractivity contribution in [2.75, 3.05) is 7.11 Å². The Balaban J connectivity index is 3.05. The maximum atomic E-state index is 13.0. The molecule has 0 radical (unpaired) electrons. The third kappa shape index (κ3) is 2.00. The summed E-state index contributed by atoms with van der Waals surface area (Å²) in [6.45, 7) is -0.314. The molecule has 0 atom stereocenters. The van der Waals surface area contributed by atoms with E-state index in [1.165, 1.54) is 6.20 Å². The Morgan fingerprint density at radius 3 is 2.92 bits per heavy atom. The third-order valence-corrected chi connectivity index (χ3v) is 1.46. The van der Waals surface area contributed by atoms with E-state index in [1.54, 1.807) is 0 Å². The van der Waals surface area contributed by atoms with Crippen molar-refractivity contribution in [2.45, 2.75) is 6.61 Å². The van der Waals surface area contributed by atoms with Gasteiger partial charge in [0, 0.05) is 6.20 Å². The van der Waals surface area contributed by atoms with Crippen LogP contribution in [-0.2, 0) is 11.3 Å². The Morgan fingerprint density at radius 2 is 2.46 bits per heavy atom. The van der Waals surface area contributed by atoms with Crippen molar-refractivity contribution < 1.29 is 19.0 Å². The van der Waals surface area contributed by atoms with Gasteiger partial charge in [-0.25, -0.2) is 14.2 Å². The van der Waals surface area contributed by atoms with Gasteiger partial charge in [-0.1, -0.05) is 0 Å². The number of rotatable bonds is 2. The summed E-state index contributed by atoms with van der Waals surface area (Å²) >= 11 is 0. The molecule has 0 bridgehead atoms. The number of ether oxygens (including phenoxy) is 1. The molecule has 0 aromatic carbocycles. The van der Waals surface area contributed by atoms with E-state index in [2.05, 4.69) is 9.72 Å². The third-order valence-electron chi connectivity index (χ3n) is 1.46. The van der Waals surface area contributed by atoms with Crippen LogP contribution < -0.4 is 0 Å². The number of carbonyl (C=O) groups is 1. The molecule has 5 heteroatoms. The lowest BCUT2D eigenvalue weighted by atomic mass is 10.2. The Bertz CT molecular complexity index is 327.